The molecule has 1 aromatic heterocycles. The first-order chi connectivity index (χ1) is 33.5. The second-order valence-corrected chi connectivity index (χ2v) is 19.4. The number of ketones is 2. The second kappa shape index (κ2) is 30.6. The van der Waals surface area contributed by atoms with Crippen molar-refractivity contribution in [3.8, 4) is 11.1 Å². The van der Waals surface area contributed by atoms with Crippen LogP contribution in [0.25, 0.3) is 11.1 Å². The number of carboxylic acids is 2. The number of carbonyl (C=O) groups excluding carboxylic acids is 4. The van der Waals surface area contributed by atoms with Gasteiger partial charge in [0.1, 0.15) is 17.4 Å². The molecular weight excluding hydrogens is 931 g/mol. The fourth-order valence-electron chi connectivity index (χ4n) is 7.99. The summed E-state index contributed by atoms with van der Waals surface area (Å²) >= 11 is 1.18. The van der Waals surface area contributed by atoms with Gasteiger partial charge in [0.25, 0.3) is 0 Å². The van der Waals surface area contributed by atoms with Crippen molar-refractivity contribution in [2.45, 2.75) is 78.3 Å². The van der Waals surface area contributed by atoms with E-state index in [1.807, 2.05) is 72.8 Å². The third-order valence-electron chi connectivity index (χ3n) is 11.5. The summed E-state index contributed by atoms with van der Waals surface area (Å²) in [4.78, 5) is 75.4. The molecule has 4 rings (SSSR count). The molecule has 0 saturated carbocycles. The summed E-state index contributed by atoms with van der Waals surface area (Å²) in [5, 5.41) is 24.4. The molecule has 4 N–H and O–H groups in total. The average Bonchev–Trinajstić information content (AvgIpc) is 3.99. The molecule has 3 atom stereocenters. The number of hydrogen-bond acceptors (Lipinski definition) is 12. The number of amides is 2. The molecule has 2 heterocycles. The maximum absolute atomic E-state index is 15.3. The highest BCUT2D eigenvalue weighted by atomic mass is 32.2. The van der Waals surface area contributed by atoms with E-state index in [0.29, 0.717) is 58.1 Å². The molecule has 0 aliphatic carbocycles. The molecule has 2 aromatic carbocycles. The molecule has 1 saturated heterocycles. The lowest BCUT2D eigenvalue weighted by Gasteiger charge is -2.42. The van der Waals surface area contributed by atoms with Crippen LogP contribution in [0.2, 0.25) is 0 Å². The van der Waals surface area contributed by atoms with Crippen molar-refractivity contribution in [3.05, 3.63) is 83.7 Å². The maximum atomic E-state index is 15.3. The highest BCUT2D eigenvalue weighted by Crippen LogP contribution is 2.42. The monoisotopic (exact) mass is 1000 g/mol. The van der Waals surface area contributed by atoms with Crippen LogP contribution < -0.4 is 10.6 Å². The third-order valence-corrected chi connectivity index (χ3v) is 12.6. The number of aliphatic carboxylic acids is 2. The van der Waals surface area contributed by atoms with E-state index in [0.717, 1.165) is 42.9 Å². The Morgan fingerprint density at radius 1 is 0.843 bits per heavy atom. The fraction of sp³-hybridized carbons (Fsp3) is 0.569. The van der Waals surface area contributed by atoms with Crippen molar-refractivity contribution in [1.29, 1.82) is 0 Å². The van der Waals surface area contributed by atoms with Crippen molar-refractivity contribution >= 4 is 47.1 Å². The van der Waals surface area contributed by atoms with Gasteiger partial charge in [-0.25, -0.2) is 8.78 Å². The summed E-state index contributed by atoms with van der Waals surface area (Å²) in [6, 6.07) is 14.5. The smallest absolute Gasteiger partial charge is 0.307 e. The number of thioether (sulfide) groups is 1. The Kier molecular flexibility index (Phi) is 25.2. The molecule has 0 radical (unpaired) electrons. The van der Waals surface area contributed by atoms with Crippen LogP contribution >= 0.6 is 11.8 Å². The van der Waals surface area contributed by atoms with E-state index in [-0.39, 0.29) is 98.9 Å². The van der Waals surface area contributed by atoms with Crippen LogP contribution in [0.1, 0.15) is 83.0 Å². The minimum absolute atomic E-state index is 0.0217. The summed E-state index contributed by atoms with van der Waals surface area (Å²) in [5.74, 6) is -5.27. The van der Waals surface area contributed by atoms with E-state index in [4.69, 9.17) is 24.1 Å². The van der Waals surface area contributed by atoms with Crippen LogP contribution in [0.15, 0.2) is 60.8 Å². The van der Waals surface area contributed by atoms with E-state index in [9.17, 15) is 38.3 Å². The van der Waals surface area contributed by atoms with Gasteiger partial charge in [0.2, 0.25) is 11.8 Å². The normalized spacial score (nSPS) is 14.6. The number of rotatable bonds is 35. The maximum Gasteiger partial charge on any atom is 0.307 e. The van der Waals surface area contributed by atoms with Crippen LogP contribution in [0.5, 0.6) is 0 Å². The lowest BCUT2D eigenvalue weighted by Crippen LogP contribution is -2.45. The van der Waals surface area contributed by atoms with Crippen molar-refractivity contribution in [2.24, 2.45) is 17.3 Å². The van der Waals surface area contributed by atoms with E-state index in [1.54, 1.807) is 0 Å². The topological polar surface area (TPSA) is 212 Å². The van der Waals surface area contributed by atoms with Gasteiger partial charge in [0.15, 0.2) is 5.78 Å². The predicted molar refractivity (Wildman–Crippen MR) is 260 cm³/mol. The number of Topliss-reactive ketones (excluding diaryl/α,β-unsaturated/α-hetero) is 2. The van der Waals surface area contributed by atoms with Gasteiger partial charge >= 0.3 is 11.9 Å². The van der Waals surface area contributed by atoms with E-state index in [1.165, 1.54) is 17.8 Å². The van der Waals surface area contributed by atoms with Crippen LogP contribution in [-0.2, 0) is 54.3 Å². The summed E-state index contributed by atoms with van der Waals surface area (Å²) in [6.45, 7) is 10.6. The molecule has 386 valence electrons. The average molecular weight is 1000 g/mol. The minimum Gasteiger partial charge on any atom is -0.481 e. The van der Waals surface area contributed by atoms with Gasteiger partial charge in [0, 0.05) is 74.2 Å². The Hall–Kier alpha value is -5.05. The SMILES string of the molecule is CC(C)(C)[C@H](c1cc(-c2cc(F)ccc2F)cn1Cc1ccccc1)N(CC1CCNC1)C(=O)CSC[C@H](CC(=O)CCOCCOCCOCCOCCCC(=O)CNC(=O)CCC(=O)O)C(=O)O. The molecule has 0 bridgehead atoms. The van der Waals surface area contributed by atoms with Crippen molar-refractivity contribution < 1.29 is 66.7 Å². The number of halogens is 2. The van der Waals surface area contributed by atoms with Crippen LogP contribution in [-0.4, -0.2) is 146 Å². The summed E-state index contributed by atoms with van der Waals surface area (Å²) < 4.78 is 53.7. The number of benzene rings is 2. The lowest BCUT2D eigenvalue weighted by molar-refractivity contribution is -0.143. The number of carbonyl (C=O) groups is 6. The zero-order chi connectivity index (χ0) is 50.9. The van der Waals surface area contributed by atoms with E-state index >= 15 is 4.39 Å². The van der Waals surface area contributed by atoms with E-state index in [2.05, 4.69) is 10.6 Å². The number of nitrogens with zero attached hydrogens (tertiary/aromatic N) is 2. The molecular formula is C51H70F2N4O12S. The highest BCUT2D eigenvalue weighted by Gasteiger charge is 2.39. The molecule has 70 heavy (non-hydrogen) atoms. The molecule has 3 aromatic rings. The van der Waals surface area contributed by atoms with Gasteiger partial charge in [0.05, 0.1) is 76.9 Å². The molecule has 1 unspecified atom stereocenters. The van der Waals surface area contributed by atoms with Gasteiger partial charge < -0.3 is 49.3 Å². The Morgan fingerprint density at radius 3 is 2.14 bits per heavy atom. The number of carboxylic acid groups (broad SMARTS) is 2. The summed E-state index contributed by atoms with van der Waals surface area (Å²) in [6.07, 6.45) is 2.72. The number of aromatic nitrogens is 1. The van der Waals surface area contributed by atoms with Crippen molar-refractivity contribution in [3.63, 3.8) is 0 Å². The number of ether oxygens (including phenoxy) is 4. The fourth-order valence-corrected chi connectivity index (χ4v) is 8.99. The Balaban J connectivity index is 1.20. The Labute approximate surface area is 413 Å². The molecule has 1 aliphatic rings. The quantitative estimate of drug-likeness (QED) is 0.0485. The van der Waals surface area contributed by atoms with E-state index < -0.39 is 46.9 Å². The minimum atomic E-state index is -1.13. The van der Waals surface area contributed by atoms with Gasteiger partial charge in [-0.05, 0) is 67.1 Å². The molecule has 1 aliphatic heterocycles. The number of hydrogen-bond donors (Lipinski definition) is 4. The summed E-state index contributed by atoms with van der Waals surface area (Å²) in [5.41, 5.74) is 1.82. The first-order valence-electron chi connectivity index (χ1n) is 23.8. The van der Waals surface area contributed by atoms with Gasteiger partial charge in [-0.15, -0.1) is 0 Å². The van der Waals surface area contributed by atoms with Gasteiger partial charge in [-0.1, -0.05) is 51.1 Å². The largest absolute Gasteiger partial charge is 0.481 e. The number of nitrogens with one attached hydrogen (secondary N) is 2. The van der Waals surface area contributed by atoms with Gasteiger partial charge in [-0.3, -0.25) is 28.8 Å². The van der Waals surface area contributed by atoms with Crippen LogP contribution in [0.4, 0.5) is 8.78 Å². The van der Waals surface area contributed by atoms with Crippen LogP contribution in [0.3, 0.4) is 0 Å². The Morgan fingerprint density at radius 2 is 1.51 bits per heavy atom. The zero-order valence-electron chi connectivity index (χ0n) is 40.6. The molecule has 1 fully saturated rings. The molecule has 0 spiro atoms. The standard InChI is InChI=1S/C51H70F2N4O12S/c1-51(2,3)49(45-27-38(43-28-40(52)11-12-44(43)53)33-56(45)31-36-8-5-4-6-9-36)57(32-37-15-17-54-29-37)47(61)35-70-34-39(50(64)65)26-41(58)16-19-67-21-23-69-25-24-68-22-20-66-18-7-10-42(59)30-55-46(60)13-14-48(62)63/h4-6,8-9,11-12,27-28,33,37,39,49,54H,7,10,13-26,29-32,34-35H2,1-3H3,(H,55,60)(H,62,63)(H,64,65)/t37?,39-,49-/m0/s1. The second-order valence-electron chi connectivity index (χ2n) is 18.4. The van der Waals surface area contributed by atoms with Crippen molar-refractivity contribution in [2.75, 3.05) is 90.5 Å². The first-order valence-corrected chi connectivity index (χ1v) is 25.0. The zero-order valence-corrected chi connectivity index (χ0v) is 41.4. The third kappa shape index (κ3) is 21.1. The van der Waals surface area contributed by atoms with Gasteiger partial charge in [-0.2, -0.15) is 11.8 Å². The first kappa shape index (κ1) is 57.5. The lowest BCUT2D eigenvalue weighted by atomic mass is 9.82. The predicted octanol–water partition coefficient (Wildman–Crippen LogP) is 6.19. The molecule has 2 amide bonds. The van der Waals surface area contributed by atoms with Crippen molar-refractivity contribution in [1.82, 2.24) is 20.1 Å². The molecule has 19 heteroatoms. The Bertz CT molecular complexity index is 2130. The van der Waals surface area contributed by atoms with Crippen LogP contribution in [0, 0.1) is 28.9 Å². The highest BCUT2D eigenvalue weighted by molar-refractivity contribution is 7.99. The summed E-state index contributed by atoms with van der Waals surface area (Å²) in [7, 11) is 0. The molecule has 16 nitrogen and oxygen atoms in total.